The van der Waals surface area contributed by atoms with Crippen LogP contribution in [-0.2, 0) is 4.79 Å². The largest absolute Gasteiger partial charge is 0.463 e. The van der Waals surface area contributed by atoms with Gasteiger partial charge in [0.25, 0.3) is 5.91 Å². The van der Waals surface area contributed by atoms with Crippen LogP contribution in [0.25, 0.3) is 17.1 Å². The van der Waals surface area contributed by atoms with Gasteiger partial charge in [-0.2, -0.15) is 5.10 Å². The summed E-state index contributed by atoms with van der Waals surface area (Å²) in [4.78, 5) is 26.8. The van der Waals surface area contributed by atoms with E-state index in [1.807, 2.05) is 0 Å². The molecule has 2 heterocycles. The Morgan fingerprint density at radius 3 is 2.64 bits per heavy atom. The standard InChI is InChI=1S/C25H19ClN4O3/c1-3-17-6-4-7-19(14-17)27-24(31)16-29(2)25(32)21-15-22(23-8-5-13-33-23)30(28-21)20-11-9-18(26)10-12-20/h1,4-15H,16H2,2H3,(H,27,31). The minimum Gasteiger partial charge on any atom is -0.463 e. The molecule has 0 unspecified atom stereocenters. The van der Waals surface area contributed by atoms with Crippen molar-refractivity contribution >= 4 is 29.1 Å². The normalized spacial score (nSPS) is 10.5. The van der Waals surface area contributed by atoms with Crippen LogP contribution >= 0.6 is 11.6 Å². The highest BCUT2D eigenvalue weighted by atomic mass is 35.5. The number of hydrogen-bond donors (Lipinski definition) is 1. The first-order valence-corrected chi connectivity index (χ1v) is 10.3. The molecule has 33 heavy (non-hydrogen) atoms. The number of furan rings is 1. The number of anilines is 1. The predicted octanol–water partition coefficient (Wildman–Crippen LogP) is 4.48. The van der Waals surface area contributed by atoms with Gasteiger partial charge in [0.1, 0.15) is 5.69 Å². The minimum atomic E-state index is -0.414. The number of nitrogens with zero attached hydrogens (tertiary/aromatic N) is 3. The summed E-state index contributed by atoms with van der Waals surface area (Å²) in [5.41, 5.74) is 2.67. The van der Waals surface area contributed by atoms with Gasteiger partial charge in [0.15, 0.2) is 11.5 Å². The van der Waals surface area contributed by atoms with E-state index in [4.69, 9.17) is 22.4 Å². The predicted molar refractivity (Wildman–Crippen MR) is 126 cm³/mol. The Kier molecular flexibility index (Phi) is 6.29. The van der Waals surface area contributed by atoms with E-state index < -0.39 is 5.91 Å². The van der Waals surface area contributed by atoms with Crippen LogP contribution in [0.5, 0.6) is 0 Å². The Hall–Kier alpha value is -4.28. The van der Waals surface area contributed by atoms with E-state index >= 15 is 0 Å². The molecule has 8 heteroatoms. The summed E-state index contributed by atoms with van der Waals surface area (Å²) < 4.78 is 7.12. The van der Waals surface area contributed by atoms with E-state index in [9.17, 15) is 9.59 Å². The zero-order valence-electron chi connectivity index (χ0n) is 17.7. The maximum absolute atomic E-state index is 13.0. The number of halogens is 1. The second-order valence-corrected chi connectivity index (χ2v) is 7.65. The SMILES string of the molecule is C#Cc1cccc(NC(=O)CN(C)C(=O)c2cc(-c3ccco3)n(-c3ccc(Cl)cc3)n2)c1. The molecule has 4 rings (SSSR count). The van der Waals surface area contributed by atoms with Crippen molar-refractivity contribution in [2.24, 2.45) is 0 Å². The van der Waals surface area contributed by atoms with Crippen LogP contribution < -0.4 is 5.32 Å². The summed E-state index contributed by atoms with van der Waals surface area (Å²) in [5.74, 6) is 2.29. The van der Waals surface area contributed by atoms with E-state index in [1.54, 1.807) is 77.7 Å². The third-order valence-corrected chi connectivity index (χ3v) is 5.07. The highest BCUT2D eigenvalue weighted by Crippen LogP contribution is 2.25. The molecule has 1 N–H and O–H groups in total. The molecule has 164 valence electrons. The van der Waals surface area contributed by atoms with Gasteiger partial charge in [-0.25, -0.2) is 4.68 Å². The van der Waals surface area contributed by atoms with Crippen molar-refractivity contribution in [1.29, 1.82) is 0 Å². The molecule has 0 radical (unpaired) electrons. The Bertz CT molecular complexity index is 1330. The summed E-state index contributed by atoms with van der Waals surface area (Å²) in [6.07, 6.45) is 6.94. The second-order valence-electron chi connectivity index (χ2n) is 7.21. The number of carbonyl (C=O) groups is 2. The Morgan fingerprint density at radius 1 is 1.15 bits per heavy atom. The zero-order chi connectivity index (χ0) is 23.4. The molecule has 0 saturated carbocycles. The van der Waals surface area contributed by atoms with E-state index in [-0.39, 0.29) is 18.1 Å². The highest BCUT2D eigenvalue weighted by molar-refractivity contribution is 6.30. The second kappa shape index (κ2) is 9.47. The van der Waals surface area contributed by atoms with E-state index in [0.717, 1.165) is 0 Å². The van der Waals surface area contributed by atoms with Crippen LogP contribution in [0.3, 0.4) is 0 Å². The Labute approximate surface area is 195 Å². The van der Waals surface area contributed by atoms with Gasteiger partial charge in [-0.1, -0.05) is 23.6 Å². The lowest BCUT2D eigenvalue weighted by molar-refractivity contribution is -0.116. The molecule has 0 aliphatic carbocycles. The summed E-state index contributed by atoms with van der Waals surface area (Å²) in [5, 5.41) is 7.80. The summed E-state index contributed by atoms with van der Waals surface area (Å²) in [6.45, 7) is -0.164. The van der Waals surface area contributed by atoms with Crippen molar-refractivity contribution in [3.63, 3.8) is 0 Å². The third-order valence-electron chi connectivity index (χ3n) is 4.81. The number of aromatic nitrogens is 2. The van der Waals surface area contributed by atoms with Gasteiger partial charge in [0.05, 0.1) is 18.5 Å². The van der Waals surface area contributed by atoms with Crippen LogP contribution in [0.2, 0.25) is 5.02 Å². The van der Waals surface area contributed by atoms with Gasteiger partial charge in [-0.05, 0) is 54.6 Å². The van der Waals surface area contributed by atoms with Crippen molar-refractivity contribution < 1.29 is 14.0 Å². The number of nitrogens with one attached hydrogen (secondary N) is 1. The zero-order valence-corrected chi connectivity index (χ0v) is 18.4. The third kappa shape index (κ3) is 4.97. The lowest BCUT2D eigenvalue weighted by Crippen LogP contribution is -2.35. The fourth-order valence-electron chi connectivity index (χ4n) is 3.23. The molecule has 2 aromatic carbocycles. The molecular formula is C25H19ClN4O3. The van der Waals surface area contributed by atoms with Crippen LogP contribution in [-0.4, -0.2) is 40.1 Å². The number of benzene rings is 2. The van der Waals surface area contributed by atoms with E-state index in [0.29, 0.717) is 33.4 Å². The smallest absolute Gasteiger partial charge is 0.274 e. The lowest BCUT2D eigenvalue weighted by Gasteiger charge is -2.15. The van der Waals surface area contributed by atoms with E-state index in [1.165, 1.54) is 11.9 Å². The van der Waals surface area contributed by atoms with Crippen molar-refractivity contribution in [1.82, 2.24) is 14.7 Å². The molecule has 0 bridgehead atoms. The number of rotatable bonds is 6. The average Bonchev–Trinajstić information content (AvgIpc) is 3.49. The van der Waals surface area contributed by atoms with Crippen LogP contribution in [0.1, 0.15) is 16.1 Å². The quantitative estimate of drug-likeness (QED) is 0.432. The van der Waals surface area contributed by atoms with Crippen LogP contribution in [0.15, 0.2) is 77.4 Å². The van der Waals surface area contributed by atoms with Gasteiger partial charge >= 0.3 is 0 Å². The van der Waals surface area contributed by atoms with Gasteiger partial charge in [0.2, 0.25) is 5.91 Å². The fraction of sp³-hybridized carbons (Fsp3) is 0.0800. The molecule has 0 spiro atoms. The summed E-state index contributed by atoms with van der Waals surface area (Å²) in [7, 11) is 1.54. The van der Waals surface area contributed by atoms with Crippen LogP contribution in [0, 0.1) is 12.3 Å². The number of likely N-dealkylation sites (N-methyl/N-ethyl adjacent to an activating group) is 1. The molecule has 2 amide bonds. The van der Waals surface area contributed by atoms with Gasteiger partial charge in [-0.15, -0.1) is 6.42 Å². The fourth-order valence-corrected chi connectivity index (χ4v) is 3.36. The lowest BCUT2D eigenvalue weighted by atomic mass is 10.2. The monoisotopic (exact) mass is 458 g/mol. The van der Waals surface area contributed by atoms with Crippen LogP contribution in [0.4, 0.5) is 5.69 Å². The van der Waals surface area contributed by atoms with Gasteiger partial charge < -0.3 is 14.6 Å². The molecule has 0 aliphatic heterocycles. The maximum atomic E-state index is 13.0. The first kappa shape index (κ1) is 21.9. The number of amides is 2. The number of terminal acetylenes is 1. The van der Waals surface area contributed by atoms with E-state index in [2.05, 4.69) is 16.3 Å². The summed E-state index contributed by atoms with van der Waals surface area (Å²) >= 11 is 6.00. The highest BCUT2D eigenvalue weighted by Gasteiger charge is 2.22. The van der Waals surface area contributed by atoms with Crippen molar-refractivity contribution in [2.75, 3.05) is 18.9 Å². The molecule has 0 saturated heterocycles. The molecule has 2 aromatic heterocycles. The molecule has 0 fully saturated rings. The summed E-state index contributed by atoms with van der Waals surface area (Å²) in [6, 6.07) is 19.1. The molecule has 0 aliphatic rings. The van der Waals surface area contributed by atoms with Crippen molar-refractivity contribution in [3.8, 4) is 29.5 Å². The van der Waals surface area contributed by atoms with Crippen molar-refractivity contribution in [3.05, 3.63) is 89.3 Å². The maximum Gasteiger partial charge on any atom is 0.274 e. The Morgan fingerprint density at radius 2 is 1.94 bits per heavy atom. The van der Waals surface area contributed by atoms with Gasteiger partial charge in [-0.3, -0.25) is 9.59 Å². The molecule has 4 aromatic rings. The molecule has 7 nitrogen and oxygen atoms in total. The average molecular weight is 459 g/mol. The van der Waals surface area contributed by atoms with Crippen molar-refractivity contribution in [2.45, 2.75) is 0 Å². The first-order chi connectivity index (χ1) is 15.9. The first-order valence-electron chi connectivity index (χ1n) is 9.96. The minimum absolute atomic E-state index is 0.164. The molecule has 0 atom stereocenters. The number of hydrogen-bond acceptors (Lipinski definition) is 4. The number of carbonyl (C=O) groups excluding carboxylic acids is 2. The Balaban J connectivity index is 1.54. The van der Waals surface area contributed by atoms with Gasteiger partial charge in [0, 0.05) is 29.4 Å². The molecular weight excluding hydrogens is 440 g/mol. The topological polar surface area (TPSA) is 80.4 Å².